The molecule has 2 rings (SSSR count). The molecule has 0 fully saturated rings. The van der Waals surface area contributed by atoms with Gasteiger partial charge in [0.25, 0.3) is 0 Å². The highest BCUT2D eigenvalue weighted by atomic mass is 19.1. The number of hydrogen-bond acceptors (Lipinski definition) is 5. The molecule has 1 aromatic carbocycles. The third-order valence-corrected chi connectivity index (χ3v) is 2.84. The number of rotatable bonds is 7. The molecule has 0 radical (unpaired) electrons. The summed E-state index contributed by atoms with van der Waals surface area (Å²) in [5, 5.41) is 6.30. The van der Waals surface area contributed by atoms with Crippen LogP contribution in [0.4, 0.5) is 21.8 Å². The van der Waals surface area contributed by atoms with E-state index in [1.165, 1.54) is 12.1 Å². The Balaban J connectivity index is 1.89. The van der Waals surface area contributed by atoms with Crippen molar-refractivity contribution >= 4 is 17.5 Å². The van der Waals surface area contributed by atoms with E-state index in [4.69, 9.17) is 0 Å². The Hall–Kier alpha value is -2.21. The lowest BCUT2D eigenvalue weighted by Gasteiger charge is -2.10. The average molecular weight is 289 g/mol. The monoisotopic (exact) mass is 289 g/mol. The number of anilines is 3. The van der Waals surface area contributed by atoms with Gasteiger partial charge in [0.05, 0.1) is 0 Å². The lowest BCUT2D eigenvalue weighted by Crippen LogP contribution is -2.17. The highest BCUT2D eigenvalue weighted by Gasteiger charge is 2.00. The first-order valence-electron chi connectivity index (χ1n) is 6.88. The number of nitrogens with one attached hydrogen (secondary N) is 2. The van der Waals surface area contributed by atoms with E-state index in [0.717, 1.165) is 25.2 Å². The van der Waals surface area contributed by atoms with Gasteiger partial charge in [-0.2, -0.15) is 4.98 Å². The molecule has 2 aromatic rings. The summed E-state index contributed by atoms with van der Waals surface area (Å²) in [6.45, 7) is 1.83. The number of hydrogen-bond donors (Lipinski definition) is 2. The van der Waals surface area contributed by atoms with E-state index in [1.807, 2.05) is 14.1 Å². The standard InChI is InChI=1S/C15H20FN5/c1-21(2)11-3-9-17-15-18-10-8-14(20-15)19-13-6-4-12(16)5-7-13/h4-8,10H,3,9,11H2,1-2H3,(H2,17,18,19,20). The van der Waals surface area contributed by atoms with Crippen molar-refractivity contribution in [3.63, 3.8) is 0 Å². The molecule has 0 amide bonds. The molecule has 0 atom stereocenters. The highest BCUT2D eigenvalue weighted by molar-refractivity contribution is 5.56. The molecule has 0 aliphatic carbocycles. The van der Waals surface area contributed by atoms with Gasteiger partial charge in [-0.1, -0.05) is 0 Å². The molecule has 0 saturated heterocycles. The molecular formula is C15H20FN5. The van der Waals surface area contributed by atoms with Crippen LogP contribution >= 0.6 is 0 Å². The number of nitrogens with zero attached hydrogens (tertiary/aromatic N) is 3. The molecule has 0 saturated carbocycles. The van der Waals surface area contributed by atoms with Crippen molar-refractivity contribution in [2.45, 2.75) is 6.42 Å². The van der Waals surface area contributed by atoms with Gasteiger partial charge in [-0.15, -0.1) is 0 Å². The second kappa shape index (κ2) is 7.54. The van der Waals surface area contributed by atoms with E-state index in [0.29, 0.717) is 11.8 Å². The largest absolute Gasteiger partial charge is 0.354 e. The molecule has 5 nitrogen and oxygen atoms in total. The Morgan fingerprint density at radius 1 is 1.14 bits per heavy atom. The van der Waals surface area contributed by atoms with Gasteiger partial charge < -0.3 is 15.5 Å². The van der Waals surface area contributed by atoms with E-state index in [2.05, 4.69) is 25.5 Å². The minimum atomic E-state index is -0.258. The Bertz CT molecular complexity index is 556. The molecule has 2 N–H and O–H groups in total. The van der Waals surface area contributed by atoms with Crippen LogP contribution in [0.2, 0.25) is 0 Å². The topological polar surface area (TPSA) is 53.1 Å². The third kappa shape index (κ3) is 5.35. The molecule has 0 spiro atoms. The van der Waals surface area contributed by atoms with Gasteiger partial charge in [0.2, 0.25) is 5.95 Å². The van der Waals surface area contributed by atoms with Crippen LogP contribution in [0.25, 0.3) is 0 Å². The first kappa shape index (κ1) is 15.2. The Labute approximate surface area is 124 Å². The van der Waals surface area contributed by atoms with Crippen molar-refractivity contribution in [3.8, 4) is 0 Å². The predicted molar refractivity (Wildman–Crippen MR) is 83.4 cm³/mol. The van der Waals surface area contributed by atoms with Crippen LogP contribution in [0.15, 0.2) is 36.5 Å². The zero-order chi connectivity index (χ0) is 15.1. The summed E-state index contributed by atoms with van der Waals surface area (Å²) in [4.78, 5) is 10.7. The number of aromatic nitrogens is 2. The fraction of sp³-hybridized carbons (Fsp3) is 0.333. The van der Waals surface area contributed by atoms with Gasteiger partial charge in [0, 0.05) is 18.4 Å². The van der Waals surface area contributed by atoms with Crippen LogP contribution in [-0.4, -0.2) is 42.1 Å². The van der Waals surface area contributed by atoms with Crippen LogP contribution < -0.4 is 10.6 Å². The van der Waals surface area contributed by atoms with Crippen molar-refractivity contribution in [3.05, 3.63) is 42.3 Å². The Morgan fingerprint density at radius 2 is 1.90 bits per heavy atom. The van der Waals surface area contributed by atoms with Crippen molar-refractivity contribution in [2.24, 2.45) is 0 Å². The summed E-state index contributed by atoms with van der Waals surface area (Å²) in [7, 11) is 4.09. The zero-order valence-electron chi connectivity index (χ0n) is 12.3. The fourth-order valence-electron chi connectivity index (χ4n) is 1.79. The summed E-state index contributed by atoms with van der Waals surface area (Å²) in [5.41, 5.74) is 0.786. The predicted octanol–water partition coefficient (Wildman–Crippen LogP) is 2.72. The molecule has 0 aliphatic rings. The summed E-state index contributed by atoms with van der Waals surface area (Å²) >= 11 is 0. The third-order valence-electron chi connectivity index (χ3n) is 2.84. The van der Waals surface area contributed by atoms with Crippen LogP contribution in [0.1, 0.15) is 6.42 Å². The minimum absolute atomic E-state index is 0.258. The van der Waals surface area contributed by atoms with Crippen molar-refractivity contribution in [1.82, 2.24) is 14.9 Å². The second-order valence-electron chi connectivity index (χ2n) is 4.98. The Morgan fingerprint density at radius 3 is 2.62 bits per heavy atom. The second-order valence-corrected chi connectivity index (χ2v) is 4.98. The number of halogens is 1. The summed E-state index contributed by atoms with van der Waals surface area (Å²) in [6, 6.07) is 7.92. The van der Waals surface area contributed by atoms with Gasteiger partial charge in [0.15, 0.2) is 0 Å². The summed E-state index contributed by atoms with van der Waals surface area (Å²) in [5.74, 6) is 0.999. The maximum Gasteiger partial charge on any atom is 0.224 e. The SMILES string of the molecule is CN(C)CCCNc1nccc(Nc2ccc(F)cc2)n1. The molecular weight excluding hydrogens is 269 g/mol. The highest BCUT2D eigenvalue weighted by Crippen LogP contribution is 2.15. The molecule has 1 heterocycles. The molecule has 112 valence electrons. The first-order valence-corrected chi connectivity index (χ1v) is 6.88. The maximum absolute atomic E-state index is 12.9. The van der Waals surface area contributed by atoms with Crippen molar-refractivity contribution in [2.75, 3.05) is 37.8 Å². The molecule has 0 aliphatic heterocycles. The van der Waals surface area contributed by atoms with Gasteiger partial charge in [-0.05, 0) is 57.4 Å². The molecule has 0 bridgehead atoms. The minimum Gasteiger partial charge on any atom is -0.354 e. The van der Waals surface area contributed by atoms with Gasteiger partial charge in [-0.3, -0.25) is 0 Å². The average Bonchev–Trinajstić information content (AvgIpc) is 2.46. The van der Waals surface area contributed by atoms with E-state index in [9.17, 15) is 4.39 Å². The zero-order valence-corrected chi connectivity index (χ0v) is 12.3. The summed E-state index contributed by atoms with van der Waals surface area (Å²) in [6.07, 6.45) is 2.71. The van der Waals surface area contributed by atoms with E-state index < -0.39 is 0 Å². The smallest absolute Gasteiger partial charge is 0.224 e. The fourth-order valence-corrected chi connectivity index (χ4v) is 1.79. The van der Waals surface area contributed by atoms with Crippen LogP contribution in [0.5, 0.6) is 0 Å². The van der Waals surface area contributed by atoms with Crippen LogP contribution in [0, 0.1) is 5.82 Å². The van der Waals surface area contributed by atoms with Gasteiger partial charge in [0.1, 0.15) is 11.6 Å². The number of benzene rings is 1. The molecule has 21 heavy (non-hydrogen) atoms. The molecule has 6 heteroatoms. The lowest BCUT2D eigenvalue weighted by atomic mass is 10.3. The van der Waals surface area contributed by atoms with E-state index in [1.54, 1.807) is 24.4 Å². The maximum atomic E-state index is 12.9. The van der Waals surface area contributed by atoms with Gasteiger partial charge >= 0.3 is 0 Å². The first-order chi connectivity index (χ1) is 10.1. The molecule has 0 unspecified atom stereocenters. The van der Waals surface area contributed by atoms with Crippen molar-refractivity contribution in [1.29, 1.82) is 0 Å². The Kier molecular flexibility index (Phi) is 5.45. The van der Waals surface area contributed by atoms with Crippen LogP contribution in [0.3, 0.4) is 0 Å². The van der Waals surface area contributed by atoms with Gasteiger partial charge in [-0.25, -0.2) is 9.37 Å². The van der Waals surface area contributed by atoms with E-state index in [-0.39, 0.29) is 5.82 Å². The van der Waals surface area contributed by atoms with E-state index >= 15 is 0 Å². The normalized spacial score (nSPS) is 10.7. The van der Waals surface area contributed by atoms with Crippen molar-refractivity contribution < 1.29 is 4.39 Å². The molecule has 1 aromatic heterocycles. The van der Waals surface area contributed by atoms with Crippen LogP contribution in [-0.2, 0) is 0 Å². The summed E-state index contributed by atoms with van der Waals surface area (Å²) < 4.78 is 12.9. The quantitative estimate of drug-likeness (QED) is 0.768. The lowest BCUT2D eigenvalue weighted by molar-refractivity contribution is 0.405.